The van der Waals surface area contributed by atoms with Gasteiger partial charge in [0, 0.05) is 38.7 Å². The van der Waals surface area contributed by atoms with Crippen molar-refractivity contribution in [2.24, 2.45) is 5.92 Å². The Morgan fingerprint density at radius 2 is 1.96 bits per heavy atom. The predicted molar refractivity (Wildman–Crippen MR) is 105 cm³/mol. The van der Waals surface area contributed by atoms with Crippen LogP contribution in [0.1, 0.15) is 64.6 Å². The van der Waals surface area contributed by atoms with Gasteiger partial charge in [0.05, 0.1) is 0 Å². The fourth-order valence-corrected chi connectivity index (χ4v) is 3.69. The molecule has 1 amide bonds. The molecule has 2 aromatic heterocycles. The third-order valence-electron chi connectivity index (χ3n) is 5.26. The predicted octanol–water partition coefficient (Wildman–Crippen LogP) is 4.20. The van der Waals surface area contributed by atoms with E-state index in [9.17, 15) is 4.79 Å². The zero-order chi connectivity index (χ0) is 18.4. The largest absolute Gasteiger partial charge is 0.343 e. The first kappa shape index (κ1) is 18.9. The summed E-state index contributed by atoms with van der Waals surface area (Å²) < 4.78 is 2.26. The van der Waals surface area contributed by atoms with E-state index in [1.807, 2.05) is 18.3 Å². The molecule has 5 heteroatoms. The molecule has 2 aromatic rings. The summed E-state index contributed by atoms with van der Waals surface area (Å²) in [6.07, 6.45) is 10.1. The van der Waals surface area contributed by atoms with Gasteiger partial charge >= 0.3 is 0 Å². The Hall–Kier alpha value is -1.91. The van der Waals surface area contributed by atoms with Crippen LogP contribution in [0.5, 0.6) is 0 Å². The average Bonchev–Trinajstić information content (AvgIpc) is 2.80. The fraction of sp³-hybridized carbons (Fsp3) is 0.667. The number of carbonyl (C=O) groups excluding carboxylic acids is 1. The van der Waals surface area contributed by atoms with Crippen molar-refractivity contribution < 1.29 is 4.79 Å². The van der Waals surface area contributed by atoms with Gasteiger partial charge < -0.3 is 9.47 Å². The van der Waals surface area contributed by atoms with Gasteiger partial charge in [0.15, 0.2) is 5.65 Å². The topological polar surface area (TPSA) is 51.0 Å². The van der Waals surface area contributed by atoms with Gasteiger partial charge in [0.25, 0.3) is 0 Å². The third-order valence-corrected chi connectivity index (χ3v) is 5.26. The van der Waals surface area contributed by atoms with Crippen LogP contribution in [-0.2, 0) is 17.8 Å². The Kier molecular flexibility index (Phi) is 6.64. The Bertz CT molecular complexity index is 714. The van der Waals surface area contributed by atoms with Crippen molar-refractivity contribution in [3.8, 4) is 0 Å². The molecule has 0 aromatic carbocycles. The summed E-state index contributed by atoms with van der Waals surface area (Å²) in [5.74, 6) is 2.03. The van der Waals surface area contributed by atoms with Gasteiger partial charge in [-0.25, -0.2) is 9.97 Å². The molecular weight excluding hydrogens is 324 g/mol. The maximum Gasteiger partial charge on any atom is 0.222 e. The molecule has 0 aliphatic carbocycles. The van der Waals surface area contributed by atoms with E-state index in [1.54, 1.807) is 0 Å². The van der Waals surface area contributed by atoms with E-state index in [0.29, 0.717) is 18.2 Å². The number of aromatic nitrogens is 3. The first-order chi connectivity index (χ1) is 12.6. The molecule has 5 nitrogen and oxygen atoms in total. The molecule has 0 unspecified atom stereocenters. The van der Waals surface area contributed by atoms with Crippen molar-refractivity contribution in [1.29, 1.82) is 0 Å². The molecule has 0 bridgehead atoms. The van der Waals surface area contributed by atoms with Crippen molar-refractivity contribution in [3.63, 3.8) is 0 Å². The minimum Gasteiger partial charge on any atom is -0.343 e. The first-order valence-corrected chi connectivity index (χ1v) is 10.2. The second-order valence-electron chi connectivity index (χ2n) is 7.86. The van der Waals surface area contributed by atoms with Crippen LogP contribution in [-0.4, -0.2) is 38.4 Å². The van der Waals surface area contributed by atoms with Gasteiger partial charge in [-0.1, -0.05) is 26.7 Å². The fourth-order valence-electron chi connectivity index (χ4n) is 3.69. The first-order valence-electron chi connectivity index (χ1n) is 10.2. The number of pyridine rings is 1. The quantitative estimate of drug-likeness (QED) is 0.747. The summed E-state index contributed by atoms with van der Waals surface area (Å²) in [6.45, 7) is 7.31. The monoisotopic (exact) mass is 356 g/mol. The highest BCUT2D eigenvalue weighted by atomic mass is 16.2. The zero-order valence-electron chi connectivity index (χ0n) is 16.3. The van der Waals surface area contributed by atoms with Gasteiger partial charge in [0.1, 0.15) is 11.3 Å². The number of likely N-dealkylation sites (tertiary alicyclic amines) is 1. The Morgan fingerprint density at radius 1 is 1.19 bits per heavy atom. The zero-order valence-corrected chi connectivity index (χ0v) is 16.3. The number of imidazole rings is 1. The van der Waals surface area contributed by atoms with Crippen LogP contribution in [0.2, 0.25) is 0 Å². The van der Waals surface area contributed by atoms with Crippen LogP contribution >= 0.6 is 0 Å². The molecule has 3 rings (SSSR count). The second kappa shape index (κ2) is 9.15. The molecule has 1 aliphatic rings. The average molecular weight is 357 g/mol. The number of fused-ring (bicyclic) bond motifs is 1. The molecule has 26 heavy (non-hydrogen) atoms. The second-order valence-corrected chi connectivity index (χ2v) is 7.86. The highest BCUT2D eigenvalue weighted by molar-refractivity contribution is 5.76. The summed E-state index contributed by atoms with van der Waals surface area (Å²) in [7, 11) is 0. The van der Waals surface area contributed by atoms with Gasteiger partial charge in [-0.05, 0) is 43.7 Å². The molecule has 1 fully saturated rings. The SMILES string of the molecule is CC(C)CCn1c(CCCC(=O)N2CCCCCC2)nc2cccnc21. The van der Waals surface area contributed by atoms with Gasteiger partial charge in [0.2, 0.25) is 5.91 Å². The highest BCUT2D eigenvalue weighted by Crippen LogP contribution is 2.18. The summed E-state index contributed by atoms with van der Waals surface area (Å²) in [5.41, 5.74) is 1.94. The minimum atomic E-state index is 0.315. The third kappa shape index (κ3) is 4.83. The summed E-state index contributed by atoms with van der Waals surface area (Å²) in [6, 6.07) is 3.97. The minimum absolute atomic E-state index is 0.315. The van der Waals surface area contributed by atoms with Crippen molar-refractivity contribution in [3.05, 3.63) is 24.2 Å². The van der Waals surface area contributed by atoms with Gasteiger partial charge in [-0.2, -0.15) is 0 Å². The van der Waals surface area contributed by atoms with Crippen LogP contribution in [0.15, 0.2) is 18.3 Å². The number of rotatable bonds is 7. The maximum absolute atomic E-state index is 12.5. The van der Waals surface area contributed by atoms with Crippen LogP contribution in [0.25, 0.3) is 11.2 Å². The number of hydrogen-bond donors (Lipinski definition) is 0. The van der Waals surface area contributed by atoms with Crippen molar-refractivity contribution in [2.45, 2.75) is 71.8 Å². The van der Waals surface area contributed by atoms with Crippen molar-refractivity contribution in [2.75, 3.05) is 13.1 Å². The maximum atomic E-state index is 12.5. The lowest BCUT2D eigenvalue weighted by atomic mass is 10.1. The molecule has 0 radical (unpaired) electrons. The van der Waals surface area contributed by atoms with Crippen molar-refractivity contribution >= 4 is 17.1 Å². The van der Waals surface area contributed by atoms with E-state index in [0.717, 1.165) is 68.7 Å². The van der Waals surface area contributed by atoms with Crippen LogP contribution in [0, 0.1) is 5.92 Å². The number of carbonyl (C=O) groups is 1. The lowest BCUT2D eigenvalue weighted by Crippen LogP contribution is -2.31. The molecule has 0 saturated carbocycles. The Morgan fingerprint density at radius 3 is 2.69 bits per heavy atom. The smallest absolute Gasteiger partial charge is 0.222 e. The van der Waals surface area contributed by atoms with E-state index >= 15 is 0 Å². The number of amides is 1. The molecule has 0 atom stereocenters. The highest BCUT2D eigenvalue weighted by Gasteiger charge is 2.16. The number of hydrogen-bond acceptors (Lipinski definition) is 3. The van der Waals surface area contributed by atoms with E-state index in [2.05, 4.69) is 28.3 Å². The van der Waals surface area contributed by atoms with Crippen molar-refractivity contribution in [1.82, 2.24) is 19.4 Å². The Balaban J connectivity index is 1.62. The molecule has 142 valence electrons. The summed E-state index contributed by atoms with van der Waals surface area (Å²) in [4.78, 5) is 23.9. The van der Waals surface area contributed by atoms with Crippen LogP contribution < -0.4 is 0 Å². The molecule has 1 aliphatic heterocycles. The summed E-state index contributed by atoms with van der Waals surface area (Å²) in [5, 5.41) is 0. The molecular formula is C21H32N4O. The normalized spacial score (nSPS) is 15.6. The Labute approximate surface area is 156 Å². The van der Waals surface area contributed by atoms with E-state index in [-0.39, 0.29) is 0 Å². The van der Waals surface area contributed by atoms with Crippen LogP contribution in [0.4, 0.5) is 0 Å². The van der Waals surface area contributed by atoms with E-state index in [1.165, 1.54) is 12.8 Å². The van der Waals surface area contributed by atoms with Gasteiger partial charge in [-0.15, -0.1) is 0 Å². The number of nitrogens with zero attached hydrogens (tertiary/aromatic N) is 4. The standard InChI is InChI=1S/C21H32N4O/c1-17(2)12-16-25-19(23-18-9-8-13-22-21(18)25)10-7-11-20(26)24-14-5-3-4-6-15-24/h8-9,13,17H,3-7,10-12,14-16H2,1-2H3. The summed E-state index contributed by atoms with van der Waals surface area (Å²) >= 11 is 0. The molecule has 1 saturated heterocycles. The van der Waals surface area contributed by atoms with Crippen LogP contribution in [0.3, 0.4) is 0 Å². The number of aryl methyl sites for hydroxylation is 2. The molecule has 0 N–H and O–H groups in total. The molecule has 3 heterocycles. The van der Waals surface area contributed by atoms with E-state index < -0.39 is 0 Å². The van der Waals surface area contributed by atoms with E-state index in [4.69, 9.17) is 4.98 Å². The van der Waals surface area contributed by atoms with Gasteiger partial charge in [-0.3, -0.25) is 4.79 Å². The lowest BCUT2D eigenvalue weighted by Gasteiger charge is -2.20. The lowest BCUT2D eigenvalue weighted by molar-refractivity contribution is -0.131. The molecule has 0 spiro atoms.